The van der Waals surface area contributed by atoms with Gasteiger partial charge >= 0.3 is 5.97 Å². The molecule has 0 aliphatic heterocycles. The highest BCUT2D eigenvalue weighted by Gasteiger charge is 2.38. The molecule has 1 aliphatic rings. The van der Waals surface area contributed by atoms with Crippen molar-refractivity contribution < 1.29 is 24.3 Å². The van der Waals surface area contributed by atoms with Gasteiger partial charge < -0.3 is 14.7 Å². The van der Waals surface area contributed by atoms with Crippen LogP contribution in [0, 0.1) is 18.3 Å². The minimum Gasteiger partial charge on any atom is -0.481 e. The fourth-order valence-corrected chi connectivity index (χ4v) is 5.61. The van der Waals surface area contributed by atoms with Gasteiger partial charge in [0.1, 0.15) is 11.5 Å². The number of nitrogens with zero attached hydrogens (tertiary/aromatic N) is 1. The fraction of sp³-hybridized carbons (Fsp3) is 0.607. The quantitative estimate of drug-likeness (QED) is 0.355. The standard InChI is InChI=1S/C28H38ClNO5/c1-17-5-6-19(24(29)11-17)14-22(32)15-20(7-8-25(33)34)26-23(9-10-31)27(35-30-26)21-12-18(13-21)16-28(2,3)4/h5-6,11,18,20-21,31H,7-10,12-16H2,1-4H3,(H,33,34). The summed E-state index contributed by atoms with van der Waals surface area (Å²) in [7, 11) is 0. The van der Waals surface area contributed by atoms with Crippen LogP contribution in [0.1, 0.15) is 99.3 Å². The number of aliphatic hydroxyl groups is 1. The molecule has 7 heteroatoms. The first-order chi connectivity index (χ1) is 16.5. The van der Waals surface area contributed by atoms with E-state index in [1.807, 2.05) is 25.1 Å². The van der Waals surface area contributed by atoms with E-state index in [4.69, 9.17) is 16.1 Å². The summed E-state index contributed by atoms with van der Waals surface area (Å²) in [6, 6.07) is 5.61. The second-order valence-corrected chi connectivity index (χ2v) is 11.7. The molecular weight excluding hydrogens is 466 g/mol. The Kier molecular flexibility index (Phi) is 9.16. The first-order valence-corrected chi connectivity index (χ1v) is 12.9. The van der Waals surface area contributed by atoms with Crippen LogP contribution in [-0.2, 0) is 22.4 Å². The number of carboxylic acids is 1. The minimum atomic E-state index is -0.916. The number of carbonyl (C=O) groups is 2. The molecule has 1 saturated carbocycles. The number of ketones is 1. The maximum atomic E-state index is 13.0. The Bertz CT molecular complexity index is 1030. The Morgan fingerprint density at radius 3 is 2.57 bits per heavy atom. The molecule has 0 amide bonds. The van der Waals surface area contributed by atoms with Gasteiger partial charge in [-0.1, -0.05) is 49.7 Å². The molecule has 0 bridgehead atoms. The van der Waals surface area contributed by atoms with Gasteiger partial charge in [0, 0.05) is 54.7 Å². The monoisotopic (exact) mass is 503 g/mol. The number of halogens is 1. The molecule has 2 N–H and O–H groups in total. The van der Waals surface area contributed by atoms with Gasteiger partial charge in [-0.3, -0.25) is 9.59 Å². The van der Waals surface area contributed by atoms with Crippen LogP contribution in [0.2, 0.25) is 5.02 Å². The van der Waals surface area contributed by atoms with Gasteiger partial charge in [-0.05, 0) is 61.1 Å². The lowest BCUT2D eigenvalue weighted by Crippen LogP contribution is -2.26. The number of Topliss-reactive ketones (excluding diaryl/α,β-unsaturated/α-hetero) is 1. The van der Waals surface area contributed by atoms with Crippen LogP contribution in [-0.4, -0.2) is 33.7 Å². The van der Waals surface area contributed by atoms with E-state index in [9.17, 15) is 19.8 Å². The largest absolute Gasteiger partial charge is 0.481 e. The molecule has 1 fully saturated rings. The van der Waals surface area contributed by atoms with E-state index in [0.717, 1.165) is 41.7 Å². The Hall–Kier alpha value is -2.18. The summed E-state index contributed by atoms with van der Waals surface area (Å²) in [5.41, 5.74) is 3.53. The van der Waals surface area contributed by atoms with E-state index >= 15 is 0 Å². The summed E-state index contributed by atoms with van der Waals surface area (Å²) in [4.78, 5) is 24.3. The average Bonchev–Trinajstić information content (AvgIpc) is 3.12. The summed E-state index contributed by atoms with van der Waals surface area (Å²) >= 11 is 6.32. The van der Waals surface area contributed by atoms with Gasteiger partial charge in [0.15, 0.2) is 0 Å². The zero-order chi connectivity index (χ0) is 25.8. The van der Waals surface area contributed by atoms with E-state index in [-0.39, 0.29) is 55.3 Å². The number of rotatable bonds is 12. The third kappa shape index (κ3) is 7.65. The van der Waals surface area contributed by atoms with Crippen LogP contribution in [0.15, 0.2) is 22.7 Å². The summed E-state index contributed by atoms with van der Waals surface area (Å²) in [6.45, 7) is 8.63. The molecular formula is C28H38ClNO5. The van der Waals surface area contributed by atoms with Crippen LogP contribution in [0.5, 0.6) is 0 Å². The van der Waals surface area contributed by atoms with Crippen molar-refractivity contribution in [3.63, 3.8) is 0 Å². The van der Waals surface area contributed by atoms with Crippen molar-refractivity contribution in [1.82, 2.24) is 5.16 Å². The lowest BCUT2D eigenvalue weighted by atomic mass is 9.67. The predicted molar refractivity (Wildman–Crippen MR) is 136 cm³/mol. The molecule has 1 atom stereocenters. The van der Waals surface area contributed by atoms with Gasteiger partial charge in [0.05, 0.1) is 5.69 Å². The number of hydrogen-bond donors (Lipinski definition) is 2. The van der Waals surface area contributed by atoms with Gasteiger partial charge in [0.2, 0.25) is 0 Å². The Morgan fingerprint density at radius 2 is 1.97 bits per heavy atom. The normalized spacial score (nSPS) is 18.8. The Labute approximate surface area is 213 Å². The van der Waals surface area contributed by atoms with Gasteiger partial charge in [0.25, 0.3) is 0 Å². The Balaban J connectivity index is 1.78. The van der Waals surface area contributed by atoms with Gasteiger partial charge in [-0.25, -0.2) is 0 Å². The summed E-state index contributed by atoms with van der Waals surface area (Å²) in [6.07, 6.45) is 4.13. The number of aromatic nitrogens is 1. The van der Waals surface area contributed by atoms with E-state index in [2.05, 4.69) is 25.9 Å². The number of carboxylic acid groups (broad SMARTS) is 1. The predicted octanol–water partition coefficient (Wildman–Crippen LogP) is 6.25. The number of hydrogen-bond acceptors (Lipinski definition) is 5. The highest BCUT2D eigenvalue weighted by molar-refractivity contribution is 6.31. The van der Waals surface area contributed by atoms with Crippen molar-refractivity contribution in [3.8, 4) is 0 Å². The lowest BCUT2D eigenvalue weighted by Gasteiger charge is -2.38. The summed E-state index contributed by atoms with van der Waals surface area (Å²) < 4.78 is 5.81. The maximum absolute atomic E-state index is 13.0. The van der Waals surface area contributed by atoms with Crippen molar-refractivity contribution in [3.05, 3.63) is 51.4 Å². The van der Waals surface area contributed by atoms with Crippen molar-refractivity contribution in [2.24, 2.45) is 11.3 Å². The third-order valence-corrected chi connectivity index (χ3v) is 7.23. The summed E-state index contributed by atoms with van der Waals surface area (Å²) in [5, 5.41) is 23.9. The molecule has 1 heterocycles. The van der Waals surface area contributed by atoms with Crippen molar-refractivity contribution in [2.75, 3.05) is 6.61 Å². The average molecular weight is 504 g/mol. The van der Waals surface area contributed by atoms with Crippen molar-refractivity contribution in [1.29, 1.82) is 0 Å². The molecule has 6 nitrogen and oxygen atoms in total. The number of aryl methyl sites for hydroxylation is 1. The maximum Gasteiger partial charge on any atom is 0.303 e. The molecule has 1 unspecified atom stereocenters. The van der Waals surface area contributed by atoms with E-state index in [1.165, 1.54) is 0 Å². The lowest BCUT2D eigenvalue weighted by molar-refractivity contribution is -0.137. The minimum absolute atomic E-state index is 0.0282. The number of benzene rings is 1. The molecule has 2 aromatic rings. The second-order valence-electron chi connectivity index (χ2n) is 11.3. The van der Waals surface area contributed by atoms with Crippen LogP contribution >= 0.6 is 11.6 Å². The number of carbonyl (C=O) groups excluding carboxylic acids is 1. The fourth-order valence-electron chi connectivity index (χ4n) is 5.31. The zero-order valence-electron chi connectivity index (χ0n) is 21.3. The van der Waals surface area contributed by atoms with Crippen LogP contribution < -0.4 is 0 Å². The third-order valence-electron chi connectivity index (χ3n) is 6.88. The van der Waals surface area contributed by atoms with Crippen LogP contribution in [0.3, 0.4) is 0 Å². The molecule has 0 spiro atoms. The van der Waals surface area contributed by atoms with Crippen molar-refractivity contribution >= 4 is 23.4 Å². The topological polar surface area (TPSA) is 101 Å². The van der Waals surface area contributed by atoms with Gasteiger partial charge in [-0.15, -0.1) is 0 Å². The smallest absolute Gasteiger partial charge is 0.303 e. The number of aliphatic hydroxyl groups excluding tert-OH is 1. The highest BCUT2D eigenvalue weighted by atomic mass is 35.5. The molecule has 35 heavy (non-hydrogen) atoms. The van der Waals surface area contributed by atoms with E-state index in [1.54, 1.807) is 0 Å². The molecule has 0 radical (unpaired) electrons. The summed E-state index contributed by atoms with van der Waals surface area (Å²) in [5.74, 6) is 0.368. The highest BCUT2D eigenvalue weighted by Crippen LogP contribution is 2.48. The zero-order valence-corrected chi connectivity index (χ0v) is 22.0. The number of aliphatic carboxylic acids is 1. The SMILES string of the molecule is Cc1ccc(CC(=O)CC(CCC(=O)O)c2noc(C3CC(CC(C)(C)C)C3)c2CCO)c(Cl)c1. The first-order valence-electron chi connectivity index (χ1n) is 12.5. The molecule has 0 saturated heterocycles. The van der Waals surface area contributed by atoms with E-state index in [0.29, 0.717) is 23.1 Å². The van der Waals surface area contributed by atoms with Gasteiger partial charge in [-0.2, -0.15) is 0 Å². The van der Waals surface area contributed by atoms with Crippen LogP contribution in [0.4, 0.5) is 0 Å². The Morgan fingerprint density at radius 1 is 1.26 bits per heavy atom. The van der Waals surface area contributed by atoms with Crippen LogP contribution in [0.25, 0.3) is 0 Å². The molecule has 192 valence electrons. The van der Waals surface area contributed by atoms with E-state index < -0.39 is 5.97 Å². The molecule has 1 aliphatic carbocycles. The first kappa shape index (κ1) is 27.4. The second kappa shape index (κ2) is 11.7. The van der Waals surface area contributed by atoms with Crippen molar-refractivity contribution in [2.45, 2.75) is 90.9 Å². The molecule has 1 aromatic heterocycles. The molecule has 3 rings (SSSR count). The molecule has 1 aromatic carbocycles.